The first-order valence-corrected chi connectivity index (χ1v) is 10.2. The minimum absolute atomic E-state index is 0.00372. The Morgan fingerprint density at radius 2 is 1.66 bits per heavy atom. The van der Waals surface area contributed by atoms with Crippen LogP contribution < -0.4 is 14.4 Å². The van der Waals surface area contributed by atoms with Gasteiger partial charge in [0.05, 0.1) is 11.9 Å². The highest BCUT2D eigenvalue weighted by Gasteiger charge is 2.31. The van der Waals surface area contributed by atoms with Crippen molar-refractivity contribution in [2.24, 2.45) is 0 Å². The largest absolute Gasteiger partial charge is 0.573 e. The molecule has 0 aliphatic rings. The standard InChI is InChI=1S/C18H18F4N2O4S/c1-29(26,27)24(15-8-4-13(19)5-9-15)12-2-3-17(25)23-14-6-10-16(11-7-14)28-18(20,21)22/h4-11H,2-3,12H2,1H3,(H,23,25). The molecule has 0 unspecified atom stereocenters. The van der Waals surface area contributed by atoms with Crippen LogP contribution in [0.2, 0.25) is 0 Å². The summed E-state index contributed by atoms with van der Waals surface area (Å²) >= 11 is 0. The zero-order valence-electron chi connectivity index (χ0n) is 15.2. The predicted octanol–water partition coefficient (Wildman–Crippen LogP) is 3.91. The maximum Gasteiger partial charge on any atom is 0.573 e. The third-order valence-corrected chi connectivity index (χ3v) is 4.85. The predicted molar refractivity (Wildman–Crippen MR) is 99.6 cm³/mol. The topological polar surface area (TPSA) is 75.7 Å². The van der Waals surface area contributed by atoms with Crippen LogP contribution >= 0.6 is 0 Å². The molecule has 0 heterocycles. The fraction of sp³-hybridized carbons (Fsp3) is 0.278. The average Bonchev–Trinajstić information content (AvgIpc) is 2.59. The van der Waals surface area contributed by atoms with Gasteiger partial charge in [-0.15, -0.1) is 13.2 Å². The maximum atomic E-state index is 13.0. The van der Waals surface area contributed by atoms with Crippen molar-refractivity contribution in [2.45, 2.75) is 19.2 Å². The van der Waals surface area contributed by atoms with Gasteiger partial charge in [-0.1, -0.05) is 0 Å². The second-order valence-electron chi connectivity index (χ2n) is 6.04. The number of nitrogens with zero attached hydrogens (tertiary/aromatic N) is 1. The van der Waals surface area contributed by atoms with Gasteiger partial charge in [0.2, 0.25) is 15.9 Å². The molecule has 11 heteroatoms. The summed E-state index contributed by atoms with van der Waals surface area (Å²) in [5.41, 5.74) is 0.539. The van der Waals surface area contributed by atoms with Crippen LogP contribution in [0.5, 0.6) is 5.75 Å². The summed E-state index contributed by atoms with van der Waals surface area (Å²) in [4.78, 5) is 12.0. The zero-order valence-corrected chi connectivity index (χ0v) is 16.1. The van der Waals surface area contributed by atoms with E-state index in [1.807, 2.05) is 0 Å². The average molecular weight is 434 g/mol. The Balaban J connectivity index is 1.90. The smallest absolute Gasteiger partial charge is 0.406 e. The number of nitrogens with one attached hydrogen (secondary N) is 1. The molecular formula is C18H18F4N2O4S. The van der Waals surface area contributed by atoms with E-state index < -0.39 is 33.9 Å². The highest BCUT2D eigenvalue weighted by molar-refractivity contribution is 7.92. The first kappa shape index (κ1) is 22.5. The number of carbonyl (C=O) groups is 1. The SMILES string of the molecule is CS(=O)(=O)N(CCCC(=O)Nc1ccc(OC(F)(F)F)cc1)c1ccc(F)cc1. The van der Waals surface area contributed by atoms with E-state index >= 15 is 0 Å². The van der Waals surface area contributed by atoms with Crippen LogP contribution in [0.15, 0.2) is 48.5 Å². The summed E-state index contributed by atoms with van der Waals surface area (Å²) in [5, 5.41) is 2.50. The lowest BCUT2D eigenvalue weighted by molar-refractivity contribution is -0.274. The Morgan fingerprint density at radius 1 is 1.07 bits per heavy atom. The molecule has 158 valence electrons. The molecule has 0 atom stereocenters. The minimum Gasteiger partial charge on any atom is -0.406 e. The van der Waals surface area contributed by atoms with Crippen molar-refractivity contribution in [2.75, 3.05) is 22.4 Å². The van der Waals surface area contributed by atoms with Crippen molar-refractivity contribution >= 4 is 27.3 Å². The Labute approximate surface area is 165 Å². The number of hydrogen-bond donors (Lipinski definition) is 1. The van der Waals surface area contributed by atoms with Crippen molar-refractivity contribution in [3.05, 3.63) is 54.3 Å². The molecule has 0 fully saturated rings. The number of sulfonamides is 1. The zero-order chi connectivity index (χ0) is 21.7. The van der Waals surface area contributed by atoms with E-state index in [0.717, 1.165) is 34.8 Å². The van der Waals surface area contributed by atoms with E-state index in [-0.39, 0.29) is 30.8 Å². The number of ether oxygens (including phenoxy) is 1. The van der Waals surface area contributed by atoms with Gasteiger partial charge in [-0.3, -0.25) is 9.10 Å². The molecule has 0 aromatic heterocycles. The molecule has 29 heavy (non-hydrogen) atoms. The van der Waals surface area contributed by atoms with E-state index in [0.29, 0.717) is 0 Å². The van der Waals surface area contributed by atoms with Crippen molar-refractivity contribution in [1.82, 2.24) is 0 Å². The fourth-order valence-corrected chi connectivity index (χ4v) is 3.41. The highest BCUT2D eigenvalue weighted by Crippen LogP contribution is 2.24. The Morgan fingerprint density at radius 3 is 2.17 bits per heavy atom. The second-order valence-corrected chi connectivity index (χ2v) is 7.94. The monoisotopic (exact) mass is 434 g/mol. The third kappa shape index (κ3) is 7.60. The molecule has 2 aromatic rings. The fourth-order valence-electron chi connectivity index (χ4n) is 2.44. The summed E-state index contributed by atoms with van der Waals surface area (Å²) in [5.74, 6) is -1.37. The van der Waals surface area contributed by atoms with Crippen molar-refractivity contribution in [3.8, 4) is 5.75 Å². The lowest BCUT2D eigenvalue weighted by Crippen LogP contribution is -2.31. The van der Waals surface area contributed by atoms with Crippen LogP contribution in [0.4, 0.5) is 28.9 Å². The Bertz CT molecular complexity index is 930. The van der Waals surface area contributed by atoms with Gasteiger partial charge < -0.3 is 10.1 Å². The van der Waals surface area contributed by atoms with Crippen molar-refractivity contribution < 1.29 is 35.5 Å². The van der Waals surface area contributed by atoms with Crippen LogP contribution in [-0.4, -0.2) is 33.5 Å². The van der Waals surface area contributed by atoms with Crippen LogP contribution in [0.1, 0.15) is 12.8 Å². The normalized spacial score (nSPS) is 11.8. The number of halogens is 4. The molecular weight excluding hydrogens is 416 g/mol. The van der Waals surface area contributed by atoms with Gasteiger partial charge in [-0.25, -0.2) is 12.8 Å². The van der Waals surface area contributed by atoms with Crippen molar-refractivity contribution in [1.29, 1.82) is 0 Å². The third-order valence-electron chi connectivity index (χ3n) is 3.65. The lowest BCUT2D eigenvalue weighted by Gasteiger charge is -2.22. The van der Waals surface area contributed by atoms with Crippen LogP contribution in [0, 0.1) is 5.82 Å². The molecule has 0 spiro atoms. The van der Waals surface area contributed by atoms with E-state index in [2.05, 4.69) is 10.1 Å². The molecule has 0 saturated carbocycles. The first-order chi connectivity index (χ1) is 13.4. The molecule has 0 aliphatic heterocycles. The van der Waals surface area contributed by atoms with Crippen LogP contribution in [0.25, 0.3) is 0 Å². The molecule has 0 aliphatic carbocycles. The molecule has 2 rings (SSSR count). The molecule has 2 aromatic carbocycles. The summed E-state index contributed by atoms with van der Waals surface area (Å²) < 4.78 is 78.1. The quantitative estimate of drug-likeness (QED) is 0.640. The molecule has 0 bridgehead atoms. The second kappa shape index (κ2) is 9.12. The summed E-state index contributed by atoms with van der Waals surface area (Å²) in [6.45, 7) is -0.00372. The maximum absolute atomic E-state index is 13.0. The molecule has 0 saturated heterocycles. The van der Waals surface area contributed by atoms with E-state index in [9.17, 15) is 30.8 Å². The summed E-state index contributed by atoms with van der Waals surface area (Å²) in [7, 11) is -3.63. The molecule has 1 N–H and O–H groups in total. The lowest BCUT2D eigenvalue weighted by atomic mass is 10.2. The van der Waals surface area contributed by atoms with Gasteiger partial charge in [0, 0.05) is 18.7 Å². The van der Waals surface area contributed by atoms with E-state index in [1.54, 1.807) is 0 Å². The number of rotatable bonds is 8. The number of amides is 1. The first-order valence-electron chi connectivity index (χ1n) is 8.33. The molecule has 1 amide bonds. The van der Waals surface area contributed by atoms with E-state index in [1.165, 1.54) is 24.3 Å². The summed E-state index contributed by atoms with van der Waals surface area (Å²) in [6, 6.07) is 9.52. The Hall–Kier alpha value is -2.82. The minimum atomic E-state index is -4.80. The van der Waals surface area contributed by atoms with Gasteiger partial charge in [0.1, 0.15) is 11.6 Å². The van der Waals surface area contributed by atoms with Gasteiger partial charge in [-0.2, -0.15) is 0 Å². The summed E-state index contributed by atoms with van der Waals surface area (Å²) in [6.07, 6.45) is -3.67. The number of hydrogen-bond acceptors (Lipinski definition) is 4. The number of benzene rings is 2. The highest BCUT2D eigenvalue weighted by atomic mass is 32.2. The van der Waals surface area contributed by atoms with E-state index in [4.69, 9.17) is 0 Å². The van der Waals surface area contributed by atoms with Crippen LogP contribution in [-0.2, 0) is 14.8 Å². The van der Waals surface area contributed by atoms with Gasteiger partial charge in [-0.05, 0) is 55.0 Å². The van der Waals surface area contributed by atoms with Crippen LogP contribution in [0.3, 0.4) is 0 Å². The van der Waals surface area contributed by atoms with Gasteiger partial charge >= 0.3 is 6.36 Å². The van der Waals surface area contributed by atoms with Crippen molar-refractivity contribution in [3.63, 3.8) is 0 Å². The molecule has 0 radical (unpaired) electrons. The number of carbonyl (C=O) groups excluding carboxylic acids is 1. The Kier molecular flexibility index (Phi) is 7.07. The number of alkyl halides is 3. The van der Waals surface area contributed by atoms with Gasteiger partial charge in [0.25, 0.3) is 0 Å². The van der Waals surface area contributed by atoms with Gasteiger partial charge in [0.15, 0.2) is 0 Å². The number of anilines is 2. The molecule has 6 nitrogen and oxygen atoms in total.